The first-order chi connectivity index (χ1) is 15.2. The number of rotatable bonds is 4. The Morgan fingerprint density at radius 3 is 2.74 bits per heavy atom. The molecule has 160 valence electrons. The van der Waals surface area contributed by atoms with E-state index in [4.69, 9.17) is 10.1 Å². The molecule has 3 aliphatic rings. The lowest BCUT2D eigenvalue weighted by Gasteiger charge is -2.37. The van der Waals surface area contributed by atoms with Crippen molar-refractivity contribution in [1.29, 1.82) is 0 Å². The van der Waals surface area contributed by atoms with Crippen LogP contribution in [0.1, 0.15) is 58.9 Å². The molecule has 2 aliphatic heterocycles. The van der Waals surface area contributed by atoms with E-state index in [1.165, 1.54) is 37.8 Å². The summed E-state index contributed by atoms with van der Waals surface area (Å²) in [6.45, 7) is 6.51. The van der Waals surface area contributed by atoms with Crippen molar-refractivity contribution < 1.29 is 4.79 Å². The molecule has 1 unspecified atom stereocenters. The van der Waals surface area contributed by atoms with Crippen molar-refractivity contribution in [3.8, 4) is 0 Å². The molecule has 2 saturated heterocycles. The number of pyridine rings is 1. The SMILES string of the molecule is Cc1nn(Cc2ccccc2)c2nc(C3CC3)cc(C(=O)N3CCN4CCCC4C3)c12. The molecular formula is C25H29N5O. The van der Waals surface area contributed by atoms with Gasteiger partial charge < -0.3 is 4.90 Å². The molecule has 3 fully saturated rings. The molecule has 1 saturated carbocycles. The Hall–Kier alpha value is -2.73. The number of benzene rings is 1. The second-order valence-electron chi connectivity index (χ2n) is 9.38. The highest BCUT2D eigenvalue weighted by Crippen LogP contribution is 2.41. The van der Waals surface area contributed by atoms with Crippen LogP contribution in [-0.4, -0.2) is 62.7 Å². The van der Waals surface area contributed by atoms with Gasteiger partial charge >= 0.3 is 0 Å². The molecule has 1 aliphatic carbocycles. The molecule has 1 aromatic carbocycles. The van der Waals surface area contributed by atoms with Crippen LogP contribution in [0.25, 0.3) is 11.0 Å². The fourth-order valence-corrected chi connectivity index (χ4v) is 5.34. The van der Waals surface area contributed by atoms with E-state index < -0.39 is 0 Å². The van der Waals surface area contributed by atoms with E-state index in [-0.39, 0.29) is 5.91 Å². The average molecular weight is 416 g/mol. The molecule has 6 rings (SSSR count). The highest BCUT2D eigenvalue weighted by molar-refractivity contribution is 6.06. The van der Waals surface area contributed by atoms with Crippen LogP contribution in [0.2, 0.25) is 0 Å². The van der Waals surface area contributed by atoms with E-state index in [0.29, 0.717) is 18.5 Å². The van der Waals surface area contributed by atoms with E-state index >= 15 is 0 Å². The van der Waals surface area contributed by atoms with Crippen molar-refractivity contribution in [3.05, 3.63) is 58.9 Å². The first-order valence-electron chi connectivity index (χ1n) is 11.6. The van der Waals surface area contributed by atoms with Gasteiger partial charge in [0.2, 0.25) is 0 Å². The third-order valence-electron chi connectivity index (χ3n) is 7.17. The number of aryl methyl sites for hydroxylation is 1. The van der Waals surface area contributed by atoms with Crippen LogP contribution < -0.4 is 0 Å². The van der Waals surface area contributed by atoms with Gasteiger partial charge in [-0.3, -0.25) is 9.69 Å². The lowest BCUT2D eigenvalue weighted by molar-refractivity contribution is 0.0573. The van der Waals surface area contributed by atoms with Crippen LogP contribution in [0.4, 0.5) is 0 Å². The quantitative estimate of drug-likeness (QED) is 0.654. The van der Waals surface area contributed by atoms with E-state index in [1.54, 1.807) is 0 Å². The largest absolute Gasteiger partial charge is 0.336 e. The monoisotopic (exact) mass is 415 g/mol. The first kappa shape index (κ1) is 19.0. The van der Waals surface area contributed by atoms with Crippen molar-refractivity contribution in [2.75, 3.05) is 26.2 Å². The van der Waals surface area contributed by atoms with Crippen molar-refractivity contribution >= 4 is 16.9 Å². The van der Waals surface area contributed by atoms with Gasteiger partial charge in [0.25, 0.3) is 5.91 Å². The molecule has 1 amide bonds. The van der Waals surface area contributed by atoms with E-state index in [1.807, 2.05) is 17.7 Å². The maximum atomic E-state index is 13.8. The summed E-state index contributed by atoms with van der Waals surface area (Å²) in [6.07, 6.45) is 4.79. The van der Waals surface area contributed by atoms with Crippen molar-refractivity contribution in [3.63, 3.8) is 0 Å². The third kappa shape index (κ3) is 3.43. The van der Waals surface area contributed by atoms with E-state index in [2.05, 4.69) is 40.1 Å². The molecule has 1 atom stereocenters. The Balaban J connectivity index is 1.41. The van der Waals surface area contributed by atoms with Gasteiger partial charge in [-0.2, -0.15) is 5.10 Å². The molecule has 0 spiro atoms. The van der Waals surface area contributed by atoms with Gasteiger partial charge in [-0.1, -0.05) is 30.3 Å². The standard InChI is InChI=1S/C25H29N5O/c1-17-23-21(25(31)29-13-12-28-11-5-8-20(28)16-29)14-22(19-9-10-19)26-24(23)30(27-17)15-18-6-3-2-4-7-18/h2-4,6-7,14,19-20H,5,8-13,15-16H2,1H3. The van der Waals surface area contributed by atoms with Gasteiger partial charge in [-0.05, 0) is 50.8 Å². The van der Waals surface area contributed by atoms with Crippen molar-refractivity contribution in [1.82, 2.24) is 24.6 Å². The third-order valence-corrected chi connectivity index (χ3v) is 7.17. The number of carbonyl (C=O) groups is 1. The summed E-state index contributed by atoms with van der Waals surface area (Å²) in [4.78, 5) is 23.4. The number of fused-ring (bicyclic) bond motifs is 2. The summed E-state index contributed by atoms with van der Waals surface area (Å²) in [5.41, 5.74) is 4.80. The summed E-state index contributed by atoms with van der Waals surface area (Å²) in [5.74, 6) is 0.645. The molecule has 31 heavy (non-hydrogen) atoms. The summed E-state index contributed by atoms with van der Waals surface area (Å²) >= 11 is 0. The van der Waals surface area contributed by atoms with Gasteiger partial charge in [-0.15, -0.1) is 0 Å². The highest BCUT2D eigenvalue weighted by Gasteiger charge is 2.35. The lowest BCUT2D eigenvalue weighted by atomic mass is 10.0. The summed E-state index contributed by atoms with van der Waals surface area (Å²) in [6, 6.07) is 13.0. The Morgan fingerprint density at radius 1 is 1.10 bits per heavy atom. The summed E-state index contributed by atoms with van der Waals surface area (Å²) in [7, 11) is 0. The molecule has 4 heterocycles. The molecule has 3 aromatic rings. The fourth-order valence-electron chi connectivity index (χ4n) is 5.34. The van der Waals surface area contributed by atoms with Crippen LogP contribution in [-0.2, 0) is 6.54 Å². The number of hydrogen-bond donors (Lipinski definition) is 0. The molecular weight excluding hydrogens is 386 g/mol. The highest BCUT2D eigenvalue weighted by atomic mass is 16.2. The number of hydrogen-bond acceptors (Lipinski definition) is 4. The number of amides is 1. The smallest absolute Gasteiger partial charge is 0.254 e. The first-order valence-corrected chi connectivity index (χ1v) is 11.6. The minimum Gasteiger partial charge on any atom is -0.336 e. The topological polar surface area (TPSA) is 54.3 Å². The predicted octanol–water partition coefficient (Wildman–Crippen LogP) is 3.59. The van der Waals surface area contributed by atoms with Gasteiger partial charge in [-0.25, -0.2) is 9.67 Å². The Labute approximate surface area is 182 Å². The second kappa shape index (κ2) is 7.45. The Morgan fingerprint density at radius 2 is 1.94 bits per heavy atom. The van der Waals surface area contributed by atoms with E-state index in [9.17, 15) is 4.79 Å². The van der Waals surface area contributed by atoms with Crippen LogP contribution in [0, 0.1) is 6.92 Å². The second-order valence-corrected chi connectivity index (χ2v) is 9.38. The maximum Gasteiger partial charge on any atom is 0.254 e. The average Bonchev–Trinajstić information content (AvgIpc) is 3.46. The van der Waals surface area contributed by atoms with Crippen LogP contribution in [0.15, 0.2) is 36.4 Å². The molecule has 0 N–H and O–H groups in total. The zero-order valence-electron chi connectivity index (χ0n) is 18.1. The zero-order valence-corrected chi connectivity index (χ0v) is 18.1. The molecule has 0 radical (unpaired) electrons. The molecule has 6 heteroatoms. The van der Waals surface area contributed by atoms with Gasteiger partial charge in [0.05, 0.1) is 23.2 Å². The van der Waals surface area contributed by atoms with Crippen molar-refractivity contribution in [2.24, 2.45) is 0 Å². The summed E-state index contributed by atoms with van der Waals surface area (Å²) < 4.78 is 1.98. The predicted molar refractivity (Wildman–Crippen MR) is 120 cm³/mol. The zero-order chi connectivity index (χ0) is 20.9. The number of nitrogens with zero attached hydrogens (tertiary/aromatic N) is 5. The van der Waals surface area contributed by atoms with Gasteiger partial charge in [0, 0.05) is 37.3 Å². The Kier molecular flexibility index (Phi) is 4.56. The molecule has 2 aromatic heterocycles. The Bertz CT molecular complexity index is 1130. The number of piperazine rings is 1. The van der Waals surface area contributed by atoms with Gasteiger partial charge in [0.15, 0.2) is 5.65 Å². The lowest BCUT2D eigenvalue weighted by Crippen LogP contribution is -2.52. The maximum absolute atomic E-state index is 13.8. The van der Waals surface area contributed by atoms with Crippen LogP contribution in [0.3, 0.4) is 0 Å². The van der Waals surface area contributed by atoms with Gasteiger partial charge in [0.1, 0.15) is 0 Å². The minimum absolute atomic E-state index is 0.156. The molecule has 6 nitrogen and oxygen atoms in total. The fraction of sp³-hybridized carbons (Fsp3) is 0.480. The minimum atomic E-state index is 0.156. The van der Waals surface area contributed by atoms with Crippen LogP contribution >= 0.6 is 0 Å². The normalized spacial score (nSPS) is 21.6. The molecule has 0 bridgehead atoms. The summed E-state index contributed by atoms with van der Waals surface area (Å²) in [5, 5.41) is 5.75. The van der Waals surface area contributed by atoms with E-state index in [0.717, 1.165) is 47.6 Å². The number of aromatic nitrogens is 3. The van der Waals surface area contributed by atoms with Crippen molar-refractivity contribution in [2.45, 2.75) is 51.1 Å². The van der Waals surface area contributed by atoms with Crippen LogP contribution in [0.5, 0.6) is 0 Å². The number of carbonyl (C=O) groups excluding carboxylic acids is 1.